The third kappa shape index (κ3) is 5.64. The molecule has 0 saturated carbocycles. The summed E-state index contributed by atoms with van der Waals surface area (Å²) in [6.45, 7) is 24.3. The highest BCUT2D eigenvalue weighted by atomic mass is 28.4. The molecular formula is C24H43NO3Si2. The Kier molecular flexibility index (Phi) is 7.50. The minimum atomic E-state index is -1.90. The first kappa shape index (κ1) is 25.3. The molecule has 1 aliphatic rings. The molecule has 0 N–H and O–H groups in total. The number of hydrogen-bond acceptors (Lipinski definition) is 3. The van der Waals surface area contributed by atoms with Crippen LogP contribution in [0.25, 0.3) is 0 Å². The monoisotopic (exact) mass is 449 g/mol. The SMILES string of the molecule is CC(C)(C)[Si](C)(C)OC[C@@H]1[C@@H](CO[Si](C)(C)C(C)(C)C)C(=O)N1Cc1ccccc1. The van der Waals surface area contributed by atoms with Crippen LogP contribution in [0.1, 0.15) is 47.1 Å². The summed E-state index contributed by atoms with van der Waals surface area (Å²) in [6.07, 6.45) is 0. The Hall–Kier alpha value is -0.956. The zero-order valence-corrected chi connectivity index (χ0v) is 22.8. The van der Waals surface area contributed by atoms with Gasteiger partial charge >= 0.3 is 0 Å². The second kappa shape index (κ2) is 8.89. The van der Waals surface area contributed by atoms with E-state index in [1.165, 1.54) is 0 Å². The Bertz CT molecular complexity index is 720. The van der Waals surface area contributed by atoms with Gasteiger partial charge in [0.25, 0.3) is 0 Å². The number of rotatable bonds is 8. The summed E-state index contributed by atoms with van der Waals surface area (Å²) < 4.78 is 13.0. The largest absolute Gasteiger partial charge is 0.416 e. The van der Waals surface area contributed by atoms with Crippen molar-refractivity contribution >= 4 is 22.5 Å². The van der Waals surface area contributed by atoms with Gasteiger partial charge in [-0.2, -0.15) is 0 Å². The van der Waals surface area contributed by atoms with Gasteiger partial charge in [0.15, 0.2) is 16.6 Å². The summed E-state index contributed by atoms with van der Waals surface area (Å²) in [5, 5.41) is 0.287. The molecule has 0 aromatic heterocycles. The van der Waals surface area contributed by atoms with Crippen LogP contribution in [0.2, 0.25) is 36.3 Å². The van der Waals surface area contributed by atoms with E-state index in [9.17, 15) is 4.79 Å². The maximum absolute atomic E-state index is 13.1. The summed E-state index contributed by atoms with van der Waals surface area (Å²) in [7, 11) is -3.78. The Labute approximate surface area is 186 Å². The minimum absolute atomic E-state index is 0.0802. The number of benzene rings is 1. The van der Waals surface area contributed by atoms with E-state index in [2.05, 4.69) is 79.9 Å². The maximum atomic E-state index is 13.1. The molecule has 1 fully saturated rings. The van der Waals surface area contributed by atoms with Gasteiger partial charge in [-0.25, -0.2) is 0 Å². The number of amides is 1. The lowest BCUT2D eigenvalue weighted by molar-refractivity contribution is -0.162. The van der Waals surface area contributed by atoms with Crippen molar-refractivity contribution < 1.29 is 13.6 Å². The first-order valence-electron chi connectivity index (χ1n) is 11.2. The van der Waals surface area contributed by atoms with Gasteiger partial charge in [-0.15, -0.1) is 0 Å². The lowest BCUT2D eigenvalue weighted by atomic mass is 9.88. The van der Waals surface area contributed by atoms with E-state index in [0.29, 0.717) is 19.8 Å². The van der Waals surface area contributed by atoms with Crippen molar-refractivity contribution in [3.05, 3.63) is 35.9 Å². The summed E-state index contributed by atoms with van der Waals surface area (Å²) in [6, 6.07) is 10.3. The predicted molar refractivity (Wildman–Crippen MR) is 131 cm³/mol. The van der Waals surface area contributed by atoms with Crippen LogP contribution in [0.4, 0.5) is 0 Å². The Morgan fingerprint density at radius 3 is 1.77 bits per heavy atom. The van der Waals surface area contributed by atoms with Crippen LogP contribution in [0.3, 0.4) is 0 Å². The van der Waals surface area contributed by atoms with Gasteiger partial charge in [0.1, 0.15) is 0 Å². The van der Waals surface area contributed by atoms with E-state index < -0.39 is 16.6 Å². The summed E-state index contributed by atoms with van der Waals surface area (Å²) >= 11 is 0. The van der Waals surface area contributed by atoms with Gasteiger partial charge < -0.3 is 13.8 Å². The molecule has 1 aliphatic heterocycles. The summed E-state index contributed by atoms with van der Waals surface area (Å²) in [4.78, 5) is 15.1. The van der Waals surface area contributed by atoms with Crippen molar-refractivity contribution in [2.24, 2.45) is 5.92 Å². The van der Waals surface area contributed by atoms with Gasteiger partial charge in [0.05, 0.1) is 18.6 Å². The Balaban J connectivity index is 2.14. The highest BCUT2D eigenvalue weighted by Crippen LogP contribution is 2.40. The van der Waals surface area contributed by atoms with Crippen LogP contribution >= 0.6 is 0 Å². The second-order valence-corrected chi connectivity index (χ2v) is 21.4. The number of likely N-dealkylation sites (tertiary alicyclic amines) is 1. The molecule has 0 spiro atoms. The van der Waals surface area contributed by atoms with Crippen LogP contribution in [0, 0.1) is 5.92 Å². The predicted octanol–water partition coefficient (Wildman–Crippen LogP) is 6.06. The molecule has 170 valence electrons. The molecule has 1 aromatic carbocycles. The number of carbonyl (C=O) groups excluding carboxylic acids is 1. The van der Waals surface area contributed by atoms with Crippen molar-refractivity contribution in [1.82, 2.24) is 4.90 Å². The fourth-order valence-electron chi connectivity index (χ4n) is 3.06. The molecule has 2 atom stereocenters. The highest BCUT2D eigenvalue weighted by molar-refractivity contribution is 6.74. The molecule has 1 heterocycles. The van der Waals surface area contributed by atoms with E-state index in [1.54, 1.807) is 0 Å². The van der Waals surface area contributed by atoms with Crippen molar-refractivity contribution in [2.75, 3.05) is 13.2 Å². The third-order valence-electron chi connectivity index (χ3n) is 7.51. The molecule has 0 bridgehead atoms. The number of carbonyl (C=O) groups is 1. The van der Waals surface area contributed by atoms with Crippen molar-refractivity contribution in [2.45, 2.75) is 90.4 Å². The van der Waals surface area contributed by atoms with E-state index in [0.717, 1.165) is 5.56 Å². The van der Waals surface area contributed by atoms with E-state index >= 15 is 0 Å². The lowest BCUT2D eigenvalue weighted by Gasteiger charge is -2.50. The van der Waals surface area contributed by atoms with Crippen molar-refractivity contribution in [3.8, 4) is 0 Å². The van der Waals surface area contributed by atoms with E-state index in [-0.39, 0.29) is 27.9 Å². The molecule has 0 aliphatic carbocycles. The summed E-state index contributed by atoms with van der Waals surface area (Å²) in [5.41, 5.74) is 1.16. The normalized spacial score (nSPS) is 21.0. The van der Waals surface area contributed by atoms with Crippen LogP contribution in [-0.4, -0.2) is 46.7 Å². The van der Waals surface area contributed by atoms with E-state index in [1.807, 2.05) is 23.1 Å². The van der Waals surface area contributed by atoms with Gasteiger partial charge in [0.2, 0.25) is 5.91 Å². The Morgan fingerprint density at radius 2 is 1.30 bits per heavy atom. The number of nitrogens with zero attached hydrogens (tertiary/aromatic N) is 1. The fourth-order valence-corrected chi connectivity index (χ4v) is 5.11. The van der Waals surface area contributed by atoms with Crippen LogP contribution < -0.4 is 0 Å². The zero-order chi connectivity index (χ0) is 23.0. The average Bonchev–Trinajstić information content (AvgIpc) is 2.61. The molecule has 1 aromatic rings. The van der Waals surface area contributed by atoms with Crippen LogP contribution in [0.15, 0.2) is 30.3 Å². The highest BCUT2D eigenvalue weighted by Gasteiger charge is 2.50. The van der Waals surface area contributed by atoms with Crippen molar-refractivity contribution in [3.63, 3.8) is 0 Å². The van der Waals surface area contributed by atoms with E-state index in [4.69, 9.17) is 8.85 Å². The standard InChI is InChI=1S/C24H43NO3Si2/c1-23(2,3)29(7,8)27-17-20-21(18-28-30(9,10)24(4,5)6)25(22(20)26)16-19-14-12-11-13-15-19/h11-15,20-21H,16-18H2,1-10H3/t20-,21-/m1/s1. The maximum Gasteiger partial charge on any atom is 0.230 e. The quantitative estimate of drug-likeness (QED) is 0.358. The topological polar surface area (TPSA) is 38.8 Å². The molecular weight excluding hydrogens is 406 g/mol. The smallest absolute Gasteiger partial charge is 0.230 e. The molecule has 30 heavy (non-hydrogen) atoms. The van der Waals surface area contributed by atoms with Crippen LogP contribution in [0.5, 0.6) is 0 Å². The van der Waals surface area contributed by atoms with Gasteiger partial charge in [-0.3, -0.25) is 4.79 Å². The zero-order valence-electron chi connectivity index (χ0n) is 20.8. The molecule has 1 saturated heterocycles. The Morgan fingerprint density at radius 1 is 0.833 bits per heavy atom. The minimum Gasteiger partial charge on any atom is -0.416 e. The number of hydrogen-bond donors (Lipinski definition) is 0. The first-order chi connectivity index (χ1) is 13.6. The molecule has 4 nitrogen and oxygen atoms in total. The fraction of sp³-hybridized carbons (Fsp3) is 0.708. The average molecular weight is 450 g/mol. The lowest BCUT2D eigenvalue weighted by Crippen LogP contribution is -2.65. The molecule has 0 radical (unpaired) electrons. The summed E-state index contributed by atoms with van der Waals surface area (Å²) in [5.74, 6) is 0.0917. The van der Waals surface area contributed by atoms with Gasteiger partial charge in [-0.1, -0.05) is 71.9 Å². The third-order valence-corrected chi connectivity index (χ3v) is 16.5. The van der Waals surface area contributed by atoms with Crippen molar-refractivity contribution in [1.29, 1.82) is 0 Å². The second-order valence-electron chi connectivity index (χ2n) is 11.8. The molecule has 0 unspecified atom stereocenters. The van der Waals surface area contributed by atoms with Crippen LogP contribution in [-0.2, 0) is 20.2 Å². The molecule has 1 amide bonds. The van der Waals surface area contributed by atoms with Gasteiger partial charge in [-0.05, 0) is 41.8 Å². The molecule has 6 heteroatoms. The number of β-lactam (4-membered cyclic amide) rings is 1. The first-order valence-corrected chi connectivity index (χ1v) is 17.0. The van der Waals surface area contributed by atoms with Gasteiger partial charge in [0, 0.05) is 13.2 Å². The molecule has 2 rings (SSSR count).